The minimum absolute atomic E-state index is 0.203. The lowest BCUT2D eigenvalue weighted by atomic mass is 10.2. The number of aliphatic hydroxyl groups excluding tert-OH is 2. The largest absolute Gasteiger partial charge is 0.466 e. The van der Waals surface area contributed by atoms with Crippen LogP contribution in [0.4, 0.5) is 0 Å². The SMILES string of the molecule is CCOC(C)=O.C[C@@H](O)C#CC(=O)OCc1ccccc1.C[C@@H](O)C=CC(=O)OCc1ccccc1. The zero-order valence-electron chi connectivity index (χ0n) is 21.0. The van der Waals surface area contributed by atoms with Crippen molar-refractivity contribution in [2.75, 3.05) is 6.61 Å². The van der Waals surface area contributed by atoms with Gasteiger partial charge < -0.3 is 24.4 Å². The van der Waals surface area contributed by atoms with Gasteiger partial charge in [-0.2, -0.15) is 0 Å². The highest BCUT2D eigenvalue weighted by atomic mass is 16.5. The van der Waals surface area contributed by atoms with Gasteiger partial charge in [0.2, 0.25) is 0 Å². The monoisotopic (exact) mass is 498 g/mol. The van der Waals surface area contributed by atoms with Crippen molar-refractivity contribution in [3.05, 3.63) is 83.9 Å². The predicted molar refractivity (Wildman–Crippen MR) is 135 cm³/mol. The van der Waals surface area contributed by atoms with Crippen molar-refractivity contribution >= 4 is 17.9 Å². The van der Waals surface area contributed by atoms with Crippen molar-refractivity contribution < 1.29 is 38.8 Å². The first-order chi connectivity index (χ1) is 17.1. The van der Waals surface area contributed by atoms with Crippen molar-refractivity contribution in [2.24, 2.45) is 0 Å². The topological polar surface area (TPSA) is 119 Å². The fraction of sp³-hybridized carbons (Fsp3) is 0.321. The Hall–Kier alpha value is -3.93. The molecule has 0 heterocycles. The molecular weight excluding hydrogens is 464 g/mol. The fourth-order valence-corrected chi connectivity index (χ4v) is 2.12. The van der Waals surface area contributed by atoms with E-state index in [0.717, 1.165) is 11.1 Å². The molecule has 0 unspecified atom stereocenters. The van der Waals surface area contributed by atoms with Crippen LogP contribution in [0.5, 0.6) is 0 Å². The lowest BCUT2D eigenvalue weighted by molar-refractivity contribution is -0.140. The van der Waals surface area contributed by atoms with Crippen LogP contribution >= 0.6 is 0 Å². The molecule has 36 heavy (non-hydrogen) atoms. The first-order valence-electron chi connectivity index (χ1n) is 11.2. The summed E-state index contributed by atoms with van der Waals surface area (Å²) in [6.45, 7) is 7.16. The molecule has 0 aromatic heterocycles. The molecule has 0 spiro atoms. The maximum Gasteiger partial charge on any atom is 0.384 e. The molecule has 0 fully saturated rings. The van der Waals surface area contributed by atoms with Gasteiger partial charge in [-0.25, -0.2) is 9.59 Å². The van der Waals surface area contributed by atoms with E-state index in [0.29, 0.717) is 6.61 Å². The van der Waals surface area contributed by atoms with Gasteiger partial charge in [0.1, 0.15) is 19.3 Å². The van der Waals surface area contributed by atoms with E-state index >= 15 is 0 Å². The van der Waals surface area contributed by atoms with Crippen LogP contribution in [-0.4, -0.2) is 46.9 Å². The lowest BCUT2D eigenvalue weighted by Crippen LogP contribution is -2.03. The number of rotatable bonds is 7. The zero-order valence-corrected chi connectivity index (χ0v) is 21.0. The Morgan fingerprint density at radius 1 is 0.861 bits per heavy atom. The third-order valence-corrected chi connectivity index (χ3v) is 3.68. The summed E-state index contributed by atoms with van der Waals surface area (Å²) in [4.78, 5) is 31.9. The molecule has 2 rings (SSSR count). The number of aliphatic hydroxyl groups is 2. The maximum atomic E-state index is 11.1. The molecule has 2 aromatic carbocycles. The number of hydrogen-bond acceptors (Lipinski definition) is 8. The Kier molecular flexibility index (Phi) is 18.2. The van der Waals surface area contributed by atoms with Gasteiger partial charge in [0.25, 0.3) is 0 Å². The summed E-state index contributed by atoms with van der Waals surface area (Å²) in [5.41, 5.74) is 1.85. The second kappa shape index (κ2) is 20.4. The summed E-state index contributed by atoms with van der Waals surface area (Å²) < 4.78 is 14.2. The lowest BCUT2D eigenvalue weighted by Gasteiger charge is -2.01. The molecule has 0 saturated heterocycles. The molecule has 0 amide bonds. The van der Waals surface area contributed by atoms with E-state index in [4.69, 9.17) is 19.7 Å². The molecule has 2 atom stereocenters. The van der Waals surface area contributed by atoms with Gasteiger partial charge in [-0.15, -0.1) is 0 Å². The normalized spacial score (nSPS) is 11.2. The molecule has 2 aromatic rings. The van der Waals surface area contributed by atoms with Gasteiger partial charge in [0.15, 0.2) is 0 Å². The Morgan fingerprint density at radius 2 is 1.36 bits per heavy atom. The van der Waals surface area contributed by atoms with Crippen LogP contribution in [0.25, 0.3) is 0 Å². The highest BCUT2D eigenvalue weighted by Gasteiger charge is 1.99. The van der Waals surface area contributed by atoms with Crippen LogP contribution in [0.3, 0.4) is 0 Å². The minimum Gasteiger partial charge on any atom is -0.466 e. The molecule has 8 heteroatoms. The van der Waals surface area contributed by atoms with Crippen molar-refractivity contribution in [2.45, 2.75) is 53.1 Å². The summed E-state index contributed by atoms with van der Waals surface area (Å²) >= 11 is 0. The van der Waals surface area contributed by atoms with E-state index in [-0.39, 0.29) is 19.2 Å². The smallest absolute Gasteiger partial charge is 0.384 e. The van der Waals surface area contributed by atoms with Crippen molar-refractivity contribution in [3.8, 4) is 11.8 Å². The number of benzene rings is 2. The zero-order chi connectivity index (χ0) is 27.2. The van der Waals surface area contributed by atoms with Gasteiger partial charge in [-0.1, -0.05) is 66.6 Å². The Bertz CT molecular complexity index is 971. The summed E-state index contributed by atoms with van der Waals surface area (Å²) in [6, 6.07) is 18.8. The quantitative estimate of drug-likeness (QED) is 0.196. The standard InChI is InChI=1S/C12H14O3.C12H12O3.C4H8O2/c2*1-10(13)7-8-12(14)15-9-11-5-3-2-4-6-11;1-3-6-4(2)5/h2-8,10,13H,9H2,1H3;2-6,10,13H,9H2,1H3;3H2,1-2H3/t2*10-;/m11./s1. The van der Waals surface area contributed by atoms with Gasteiger partial charge in [0.05, 0.1) is 12.7 Å². The first-order valence-corrected chi connectivity index (χ1v) is 11.2. The number of carbonyl (C=O) groups is 3. The Balaban J connectivity index is 0.000000558. The second-order valence-corrected chi connectivity index (χ2v) is 7.12. The van der Waals surface area contributed by atoms with Crippen LogP contribution in [0.1, 0.15) is 38.8 Å². The van der Waals surface area contributed by atoms with Gasteiger partial charge in [-0.05, 0) is 38.0 Å². The third-order valence-electron chi connectivity index (χ3n) is 3.68. The van der Waals surface area contributed by atoms with Crippen LogP contribution in [0.15, 0.2) is 72.8 Å². The van der Waals surface area contributed by atoms with Crippen molar-refractivity contribution in [1.82, 2.24) is 0 Å². The van der Waals surface area contributed by atoms with Gasteiger partial charge in [0, 0.05) is 18.9 Å². The molecular formula is C28H34O8. The first kappa shape index (κ1) is 32.1. The molecule has 0 aliphatic rings. The van der Waals surface area contributed by atoms with Crippen LogP contribution in [0.2, 0.25) is 0 Å². The molecule has 0 aliphatic heterocycles. The number of ether oxygens (including phenoxy) is 3. The van der Waals surface area contributed by atoms with Crippen molar-refractivity contribution in [3.63, 3.8) is 0 Å². The number of esters is 3. The Labute approximate surface area is 212 Å². The second-order valence-electron chi connectivity index (χ2n) is 7.12. The van der Waals surface area contributed by atoms with Gasteiger partial charge in [-0.3, -0.25) is 4.79 Å². The average Bonchev–Trinajstić information content (AvgIpc) is 2.85. The maximum absolute atomic E-state index is 11.1. The molecule has 0 aliphatic carbocycles. The highest BCUT2D eigenvalue weighted by Crippen LogP contribution is 2.01. The third kappa shape index (κ3) is 20.7. The van der Waals surface area contributed by atoms with Crippen LogP contribution in [0, 0.1) is 11.8 Å². The molecule has 8 nitrogen and oxygen atoms in total. The molecule has 0 radical (unpaired) electrons. The van der Waals surface area contributed by atoms with Crippen LogP contribution < -0.4 is 0 Å². The number of hydrogen-bond donors (Lipinski definition) is 2. The van der Waals surface area contributed by atoms with Crippen LogP contribution in [-0.2, 0) is 41.8 Å². The highest BCUT2D eigenvalue weighted by molar-refractivity contribution is 5.88. The van der Waals surface area contributed by atoms with E-state index in [1.807, 2.05) is 60.7 Å². The van der Waals surface area contributed by atoms with E-state index in [9.17, 15) is 14.4 Å². The van der Waals surface area contributed by atoms with E-state index in [1.54, 1.807) is 13.8 Å². The molecule has 2 N–H and O–H groups in total. The van der Waals surface area contributed by atoms with E-state index in [2.05, 4.69) is 16.6 Å². The summed E-state index contributed by atoms with van der Waals surface area (Å²) in [5.74, 6) is 3.22. The summed E-state index contributed by atoms with van der Waals surface area (Å²) in [5, 5.41) is 17.7. The molecule has 0 saturated carbocycles. The Morgan fingerprint density at radius 3 is 1.75 bits per heavy atom. The van der Waals surface area contributed by atoms with Crippen molar-refractivity contribution in [1.29, 1.82) is 0 Å². The molecule has 194 valence electrons. The van der Waals surface area contributed by atoms with Gasteiger partial charge >= 0.3 is 17.9 Å². The van der Waals surface area contributed by atoms with E-state index in [1.165, 1.54) is 26.0 Å². The molecule has 0 bridgehead atoms. The minimum atomic E-state index is -0.811. The number of carbonyl (C=O) groups excluding carboxylic acids is 3. The predicted octanol–water partition coefficient (Wildman–Crippen LogP) is 3.35. The average molecular weight is 499 g/mol. The summed E-state index contributed by atoms with van der Waals surface area (Å²) in [6.07, 6.45) is 1.17. The van der Waals surface area contributed by atoms with E-state index < -0.39 is 24.1 Å². The fourth-order valence-electron chi connectivity index (χ4n) is 2.12. The summed E-state index contributed by atoms with van der Waals surface area (Å²) in [7, 11) is 0.